The van der Waals surface area contributed by atoms with Crippen molar-refractivity contribution in [1.29, 1.82) is 0 Å². The highest BCUT2D eigenvalue weighted by Crippen LogP contribution is 2.35. The van der Waals surface area contributed by atoms with E-state index in [1.807, 2.05) is 0 Å². The van der Waals surface area contributed by atoms with Crippen LogP contribution >= 0.6 is 35.3 Å². The van der Waals surface area contributed by atoms with E-state index in [2.05, 4.69) is 34.5 Å². The second-order valence-electron chi connectivity index (χ2n) is 6.96. The van der Waals surface area contributed by atoms with Crippen LogP contribution in [0.25, 0.3) is 0 Å². The number of guanidine groups is 1. The van der Waals surface area contributed by atoms with E-state index in [0.717, 1.165) is 29.6 Å². The summed E-state index contributed by atoms with van der Waals surface area (Å²) in [5.74, 6) is 0.701. The van der Waals surface area contributed by atoms with Gasteiger partial charge in [0.05, 0.1) is 5.01 Å². The van der Waals surface area contributed by atoms with Gasteiger partial charge in [-0.3, -0.25) is 4.99 Å². The summed E-state index contributed by atoms with van der Waals surface area (Å²) in [7, 11) is 1.70. The summed E-state index contributed by atoms with van der Waals surface area (Å²) in [6.07, 6.45) is 0.653. The minimum Gasteiger partial charge on any atom is -0.356 e. The van der Waals surface area contributed by atoms with Crippen molar-refractivity contribution in [3.05, 3.63) is 16.1 Å². The number of nitrogens with one attached hydrogen (secondary N) is 2. The maximum absolute atomic E-state index is 12.5. The maximum atomic E-state index is 12.5. The van der Waals surface area contributed by atoms with Crippen LogP contribution < -0.4 is 10.6 Å². The summed E-state index contributed by atoms with van der Waals surface area (Å²) < 4.78 is 37.6. The van der Waals surface area contributed by atoms with E-state index in [1.54, 1.807) is 7.05 Å². The molecule has 1 fully saturated rings. The van der Waals surface area contributed by atoms with E-state index in [4.69, 9.17) is 0 Å². The third kappa shape index (κ3) is 7.28. The molecule has 144 valence electrons. The first-order valence-electron chi connectivity index (χ1n) is 8.18. The van der Waals surface area contributed by atoms with Crippen molar-refractivity contribution in [2.24, 2.45) is 10.4 Å². The molecule has 0 spiro atoms. The van der Waals surface area contributed by atoms with Crippen LogP contribution in [0.3, 0.4) is 0 Å². The molecular formula is C16H26F3IN4S. The molecule has 0 saturated heterocycles. The first kappa shape index (κ1) is 22.5. The molecule has 1 heterocycles. The average molecular weight is 490 g/mol. The number of nitrogens with zero attached hydrogens (tertiary/aromatic N) is 2. The Balaban J connectivity index is 0.00000312. The molecule has 4 nitrogen and oxygen atoms in total. The molecule has 9 heteroatoms. The largest absolute Gasteiger partial charge is 0.434 e. The smallest absolute Gasteiger partial charge is 0.356 e. The van der Waals surface area contributed by atoms with Gasteiger partial charge in [-0.05, 0) is 31.1 Å². The van der Waals surface area contributed by atoms with Crippen LogP contribution in [0.2, 0.25) is 0 Å². The minimum absolute atomic E-state index is 0. The van der Waals surface area contributed by atoms with Crippen molar-refractivity contribution in [1.82, 2.24) is 15.6 Å². The predicted octanol–water partition coefficient (Wildman–Crippen LogP) is 4.46. The minimum atomic E-state index is -4.37. The molecule has 0 radical (unpaired) electrons. The van der Waals surface area contributed by atoms with E-state index in [9.17, 15) is 13.2 Å². The Morgan fingerprint density at radius 3 is 2.52 bits per heavy atom. The lowest BCUT2D eigenvalue weighted by Crippen LogP contribution is -2.46. The van der Waals surface area contributed by atoms with Crippen LogP contribution in [0.1, 0.15) is 50.2 Å². The van der Waals surface area contributed by atoms with Crippen molar-refractivity contribution in [2.45, 2.75) is 58.2 Å². The van der Waals surface area contributed by atoms with Crippen molar-refractivity contribution in [2.75, 3.05) is 13.6 Å². The quantitative estimate of drug-likeness (QED) is 0.373. The summed E-state index contributed by atoms with van der Waals surface area (Å²) in [6.45, 7) is 5.09. The monoisotopic (exact) mass is 490 g/mol. The predicted molar refractivity (Wildman–Crippen MR) is 107 cm³/mol. The first-order chi connectivity index (χ1) is 11.2. The summed E-state index contributed by atoms with van der Waals surface area (Å²) in [6, 6.07) is 0.404. The number of halogens is 4. The lowest BCUT2D eigenvalue weighted by atomic mass is 9.75. The number of hydrogen-bond donors (Lipinski definition) is 2. The standard InChI is InChI=1S/C16H25F3N4S.HI/c1-15(2)7-4-11(5-8-15)22-14(20-3)21-9-6-13-23-12(10-24-13)16(17,18)19;/h10-11H,4-9H2,1-3H3,(H2,20,21,22);1H. The lowest BCUT2D eigenvalue weighted by molar-refractivity contribution is -0.140. The molecule has 0 amide bonds. The van der Waals surface area contributed by atoms with Crippen molar-refractivity contribution in [3.8, 4) is 0 Å². The molecule has 25 heavy (non-hydrogen) atoms. The fourth-order valence-electron chi connectivity index (χ4n) is 2.78. The van der Waals surface area contributed by atoms with Crippen LogP contribution in [-0.4, -0.2) is 30.6 Å². The Hall–Kier alpha value is -0.580. The van der Waals surface area contributed by atoms with Crippen LogP contribution in [-0.2, 0) is 12.6 Å². The Morgan fingerprint density at radius 1 is 1.36 bits per heavy atom. The molecule has 2 N–H and O–H groups in total. The van der Waals surface area contributed by atoms with E-state index >= 15 is 0 Å². The van der Waals surface area contributed by atoms with Gasteiger partial charge < -0.3 is 10.6 Å². The van der Waals surface area contributed by atoms with E-state index in [0.29, 0.717) is 35.4 Å². The summed E-state index contributed by atoms with van der Waals surface area (Å²) in [5, 5.41) is 8.10. The number of rotatable bonds is 4. The number of alkyl halides is 3. The van der Waals surface area contributed by atoms with Gasteiger partial charge in [0.25, 0.3) is 0 Å². The number of hydrogen-bond acceptors (Lipinski definition) is 3. The normalized spacial score (nSPS) is 18.6. The zero-order valence-electron chi connectivity index (χ0n) is 14.7. The van der Waals surface area contributed by atoms with Gasteiger partial charge >= 0.3 is 6.18 Å². The van der Waals surface area contributed by atoms with Crippen LogP contribution in [0.4, 0.5) is 13.2 Å². The van der Waals surface area contributed by atoms with Crippen molar-refractivity contribution < 1.29 is 13.2 Å². The molecule has 2 rings (SSSR count). The Kier molecular flexibility index (Phi) is 8.43. The molecule has 1 aliphatic carbocycles. The Morgan fingerprint density at radius 2 is 2.00 bits per heavy atom. The summed E-state index contributed by atoms with van der Waals surface area (Å²) in [5.41, 5.74) is -0.397. The van der Waals surface area contributed by atoms with Gasteiger partial charge in [-0.15, -0.1) is 35.3 Å². The van der Waals surface area contributed by atoms with Gasteiger partial charge in [0.2, 0.25) is 0 Å². The second-order valence-corrected chi connectivity index (χ2v) is 7.90. The van der Waals surface area contributed by atoms with Crippen molar-refractivity contribution in [3.63, 3.8) is 0 Å². The summed E-state index contributed by atoms with van der Waals surface area (Å²) in [4.78, 5) is 7.82. The molecule has 1 aromatic heterocycles. The molecule has 1 aromatic rings. The third-order valence-corrected chi connectivity index (χ3v) is 5.29. The molecule has 0 aromatic carbocycles. The highest BCUT2D eigenvalue weighted by atomic mass is 127. The first-order valence-corrected chi connectivity index (χ1v) is 9.06. The zero-order valence-corrected chi connectivity index (χ0v) is 17.9. The second kappa shape index (κ2) is 9.38. The van der Waals surface area contributed by atoms with Crippen LogP contribution in [0, 0.1) is 5.41 Å². The highest BCUT2D eigenvalue weighted by Gasteiger charge is 2.33. The number of thiazole rings is 1. The van der Waals surface area contributed by atoms with E-state index in [1.165, 1.54) is 12.8 Å². The lowest BCUT2D eigenvalue weighted by Gasteiger charge is -2.35. The molecule has 1 saturated carbocycles. The maximum Gasteiger partial charge on any atom is 0.434 e. The molecular weight excluding hydrogens is 464 g/mol. The molecule has 0 aliphatic heterocycles. The van der Waals surface area contributed by atoms with E-state index in [-0.39, 0.29) is 24.0 Å². The fraction of sp³-hybridized carbons (Fsp3) is 0.750. The number of aromatic nitrogens is 1. The Labute approximate surface area is 168 Å². The molecule has 1 aliphatic rings. The van der Waals surface area contributed by atoms with Gasteiger partial charge in [0.1, 0.15) is 0 Å². The zero-order chi connectivity index (χ0) is 17.8. The van der Waals surface area contributed by atoms with Crippen LogP contribution in [0.15, 0.2) is 10.4 Å². The molecule has 0 bridgehead atoms. The van der Waals surface area contributed by atoms with Crippen LogP contribution in [0.5, 0.6) is 0 Å². The SMILES string of the molecule is CN=C(NCCc1nc(C(F)(F)F)cs1)NC1CCC(C)(C)CC1.I. The van der Waals surface area contributed by atoms with Gasteiger partial charge in [-0.1, -0.05) is 13.8 Å². The highest BCUT2D eigenvalue weighted by molar-refractivity contribution is 14.0. The fourth-order valence-corrected chi connectivity index (χ4v) is 3.58. The van der Waals surface area contributed by atoms with Gasteiger partial charge in [0.15, 0.2) is 11.7 Å². The Bertz CT molecular complexity index is 562. The average Bonchev–Trinajstić information content (AvgIpc) is 2.97. The molecule has 0 unspecified atom stereocenters. The molecule has 0 atom stereocenters. The third-order valence-electron chi connectivity index (χ3n) is 4.38. The van der Waals surface area contributed by atoms with Gasteiger partial charge in [0, 0.05) is 31.4 Å². The number of aliphatic imine (C=N–C) groups is 1. The summed E-state index contributed by atoms with van der Waals surface area (Å²) >= 11 is 1.04. The van der Waals surface area contributed by atoms with Crippen molar-refractivity contribution >= 4 is 41.3 Å². The topological polar surface area (TPSA) is 49.3 Å². The van der Waals surface area contributed by atoms with E-state index < -0.39 is 11.9 Å². The van der Waals surface area contributed by atoms with Gasteiger partial charge in [-0.25, -0.2) is 4.98 Å². The van der Waals surface area contributed by atoms with Gasteiger partial charge in [-0.2, -0.15) is 13.2 Å².